The van der Waals surface area contributed by atoms with Gasteiger partial charge in [-0.05, 0) is 24.6 Å². The molecule has 0 unspecified atom stereocenters. The maximum atomic E-state index is 4.62. The van der Waals surface area contributed by atoms with Crippen molar-refractivity contribution in [3.63, 3.8) is 0 Å². The van der Waals surface area contributed by atoms with E-state index in [4.69, 9.17) is 0 Å². The van der Waals surface area contributed by atoms with Crippen molar-refractivity contribution in [1.29, 1.82) is 0 Å². The van der Waals surface area contributed by atoms with Gasteiger partial charge < -0.3 is 9.97 Å². The van der Waals surface area contributed by atoms with Crippen LogP contribution < -0.4 is 0 Å². The van der Waals surface area contributed by atoms with E-state index in [1.54, 1.807) is 0 Å². The molecule has 0 fully saturated rings. The van der Waals surface area contributed by atoms with Crippen molar-refractivity contribution in [1.82, 2.24) is 19.9 Å². The van der Waals surface area contributed by atoms with Crippen LogP contribution >= 0.6 is 0 Å². The fraction of sp³-hybridized carbons (Fsp3) is 0.0588. The van der Waals surface area contributed by atoms with Gasteiger partial charge in [-0.3, -0.25) is 0 Å². The molecule has 2 heterocycles. The number of H-pyrrole nitrogens is 2. The summed E-state index contributed by atoms with van der Waals surface area (Å²) in [5.74, 6) is 1.64. The smallest absolute Gasteiger partial charge is 0.158 e. The van der Waals surface area contributed by atoms with E-state index in [1.165, 1.54) is 5.56 Å². The van der Waals surface area contributed by atoms with Crippen molar-refractivity contribution in [2.24, 2.45) is 0 Å². The minimum atomic E-state index is 0.786. The van der Waals surface area contributed by atoms with Crippen LogP contribution in [0.3, 0.4) is 0 Å². The summed E-state index contributed by atoms with van der Waals surface area (Å²) in [6, 6.07) is 16.2. The average Bonchev–Trinajstić information content (AvgIpc) is 3.14. The summed E-state index contributed by atoms with van der Waals surface area (Å²) in [6.45, 7) is 2.07. The van der Waals surface area contributed by atoms with Crippen LogP contribution in [0.4, 0.5) is 0 Å². The molecule has 0 spiro atoms. The first kappa shape index (κ1) is 11.9. The average molecular weight is 274 g/mol. The first-order valence-corrected chi connectivity index (χ1v) is 6.87. The Morgan fingerprint density at radius 1 is 0.905 bits per heavy atom. The summed E-state index contributed by atoms with van der Waals surface area (Å²) in [4.78, 5) is 15.7. The van der Waals surface area contributed by atoms with E-state index in [1.807, 2.05) is 42.6 Å². The molecule has 4 nitrogen and oxygen atoms in total. The van der Waals surface area contributed by atoms with E-state index < -0.39 is 0 Å². The van der Waals surface area contributed by atoms with Crippen molar-refractivity contribution >= 4 is 11.0 Å². The van der Waals surface area contributed by atoms with Crippen molar-refractivity contribution in [2.45, 2.75) is 6.92 Å². The third-order valence-corrected chi connectivity index (χ3v) is 3.51. The van der Waals surface area contributed by atoms with Gasteiger partial charge in [0.1, 0.15) is 11.5 Å². The summed E-state index contributed by atoms with van der Waals surface area (Å²) in [7, 11) is 0. The van der Waals surface area contributed by atoms with Gasteiger partial charge in [-0.15, -0.1) is 0 Å². The SMILES string of the molecule is Cc1ccc2nc(-c3c[nH]c(-c4ccccc4)n3)[nH]c2c1. The number of aromatic amines is 2. The molecule has 0 aliphatic heterocycles. The predicted octanol–water partition coefficient (Wildman–Crippen LogP) is 3.93. The fourth-order valence-electron chi connectivity index (χ4n) is 2.43. The summed E-state index contributed by atoms with van der Waals surface area (Å²) < 4.78 is 0. The lowest BCUT2D eigenvalue weighted by atomic mass is 10.2. The molecule has 0 aliphatic carbocycles. The first-order valence-electron chi connectivity index (χ1n) is 6.87. The summed E-state index contributed by atoms with van der Waals surface area (Å²) in [5, 5.41) is 0. The Bertz CT molecular complexity index is 903. The number of hydrogen-bond acceptors (Lipinski definition) is 2. The number of aryl methyl sites for hydroxylation is 1. The Hall–Kier alpha value is -2.88. The molecule has 102 valence electrons. The van der Waals surface area contributed by atoms with Gasteiger partial charge in [0.25, 0.3) is 0 Å². The van der Waals surface area contributed by atoms with Gasteiger partial charge in [0.15, 0.2) is 5.82 Å². The number of nitrogens with zero attached hydrogens (tertiary/aromatic N) is 2. The second-order valence-electron chi connectivity index (χ2n) is 5.11. The number of fused-ring (bicyclic) bond motifs is 1. The molecule has 0 saturated carbocycles. The van der Waals surface area contributed by atoms with Crippen molar-refractivity contribution in [2.75, 3.05) is 0 Å². The molecule has 4 heteroatoms. The van der Waals surface area contributed by atoms with Gasteiger partial charge >= 0.3 is 0 Å². The zero-order valence-electron chi connectivity index (χ0n) is 11.6. The Labute approximate surface area is 121 Å². The van der Waals surface area contributed by atoms with Gasteiger partial charge in [-0.2, -0.15) is 0 Å². The maximum Gasteiger partial charge on any atom is 0.158 e. The monoisotopic (exact) mass is 274 g/mol. The molecular formula is C17H14N4. The molecule has 0 saturated heterocycles. The van der Waals surface area contributed by atoms with Gasteiger partial charge in [-0.1, -0.05) is 36.4 Å². The normalized spacial score (nSPS) is 11.1. The van der Waals surface area contributed by atoms with Crippen LogP contribution in [0.5, 0.6) is 0 Å². The van der Waals surface area contributed by atoms with E-state index in [9.17, 15) is 0 Å². The zero-order valence-corrected chi connectivity index (χ0v) is 11.6. The van der Waals surface area contributed by atoms with Gasteiger partial charge in [0.05, 0.1) is 11.0 Å². The molecule has 2 aromatic heterocycles. The molecule has 2 N–H and O–H groups in total. The molecule has 0 atom stereocenters. The van der Waals surface area contributed by atoms with E-state index in [2.05, 4.69) is 39.0 Å². The molecule has 4 aromatic rings. The molecule has 0 aliphatic rings. The Kier molecular flexibility index (Phi) is 2.60. The molecule has 0 amide bonds. The highest BCUT2D eigenvalue weighted by Gasteiger charge is 2.10. The lowest BCUT2D eigenvalue weighted by Crippen LogP contribution is -1.81. The third-order valence-electron chi connectivity index (χ3n) is 3.51. The molecule has 4 rings (SSSR count). The standard InChI is InChI=1S/C17H14N4/c1-11-7-8-13-14(9-11)20-17(19-13)15-10-18-16(21-15)12-5-3-2-4-6-12/h2-10H,1H3,(H,18,21)(H,19,20). The van der Waals surface area contributed by atoms with Crippen molar-refractivity contribution < 1.29 is 0 Å². The molecular weight excluding hydrogens is 260 g/mol. The van der Waals surface area contributed by atoms with E-state index in [0.717, 1.165) is 33.9 Å². The van der Waals surface area contributed by atoms with Gasteiger partial charge in [0.2, 0.25) is 0 Å². The van der Waals surface area contributed by atoms with Gasteiger partial charge in [-0.25, -0.2) is 9.97 Å². The molecule has 21 heavy (non-hydrogen) atoms. The van der Waals surface area contributed by atoms with Crippen LogP contribution in [0.1, 0.15) is 5.56 Å². The summed E-state index contributed by atoms with van der Waals surface area (Å²) >= 11 is 0. The number of rotatable bonds is 2. The van der Waals surface area contributed by atoms with Crippen LogP contribution in [0.25, 0.3) is 33.9 Å². The van der Waals surface area contributed by atoms with E-state index in [0.29, 0.717) is 0 Å². The molecule has 2 aromatic carbocycles. The quantitative estimate of drug-likeness (QED) is 0.582. The predicted molar refractivity (Wildman–Crippen MR) is 83.8 cm³/mol. The summed E-state index contributed by atoms with van der Waals surface area (Å²) in [5.41, 5.74) is 5.09. The van der Waals surface area contributed by atoms with Crippen LogP contribution in [0, 0.1) is 6.92 Å². The summed E-state index contributed by atoms with van der Waals surface area (Å²) in [6.07, 6.45) is 1.88. The van der Waals surface area contributed by atoms with Crippen LogP contribution in [0.2, 0.25) is 0 Å². The molecule has 0 radical (unpaired) electrons. The highest BCUT2D eigenvalue weighted by atomic mass is 15.0. The highest BCUT2D eigenvalue weighted by molar-refractivity contribution is 5.79. The van der Waals surface area contributed by atoms with Crippen LogP contribution in [-0.2, 0) is 0 Å². The number of benzene rings is 2. The number of hydrogen-bond donors (Lipinski definition) is 2. The number of nitrogens with one attached hydrogen (secondary N) is 2. The lowest BCUT2D eigenvalue weighted by molar-refractivity contribution is 1.27. The van der Waals surface area contributed by atoms with Crippen LogP contribution in [-0.4, -0.2) is 19.9 Å². The van der Waals surface area contributed by atoms with E-state index >= 15 is 0 Å². The van der Waals surface area contributed by atoms with Crippen molar-refractivity contribution in [3.8, 4) is 22.9 Å². The van der Waals surface area contributed by atoms with Crippen LogP contribution in [0.15, 0.2) is 54.7 Å². The number of imidazole rings is 2. The Morgan fingerprint density at radius 3 is 2.62 bits per heavy atom. The maximum absolute atomic E-state index is 4.62. The second kappa shape index (κ2) is 4.59. The second-order valence-corrected chi connectivity index (χ2v) is 5.11. The third kappa shape index (κ3) is 2.10. The topological polar surface area (TPSA) is 57.4 Å². The Morgan fingerprint density at radius 2 is 1.76 bits per heavy atom. The minimum absolute atomic E-state index is 0.786. The highest BCUT2D eigenvalue weighted by Crippen LogP contribution is 2.22. The molecule has 0 bridgehead atoms. The largest absolute Gasteiger partial charge is 0.344 e. The Balaban J connectivity index is 1.77. The first-order chi connectivity index (χ1) is 10.3. The van der Waals surface area contributed by atoms with E-state index in [-0.39, 0.29) is 0 Å². The minimum Gasteiger partial charge on any atom is -0.344 e. The van der Waals surface area contributed by atoms with Crippen molar-refractivity contribution in [3.05, 3.63) is 60.3 Å². The lowest BCUT2D eigenvalue weighted by Gasteiger charge is -1.93. The zero-order chi connectivity index (χ0) is 14.2. The van der Waals surface area contributed by atoms with Gasteiger partial charge in [0, 0.05) is 11.8 Å². The number of aromatic nitrogens is 4. The fourth-order valence-corrected chi connectivity index (χ4v) is 2.43.